The van der Waals surface area contributed by atoms with Crippen molar-refractivity contribution in [3.63, 3.8) is 0 Å². The maximum absolute atomic E-state index is 11.3. The van der Waals surface area contributed by atoms with Gasteiger partial charge in [-0.1, -0.05) is 0 Å². The quantitative estimate of drug-likeness (QED) is 0.748. The molecule has 1 N–H and O–H groups in total. The highest BCUT2D eigenvalue weighted by molar-refractivity contribution is 5.85. The number of methoxy groups -OCH3 is 2. The molecule has 88 valence electrons. The molecule has 0 atom stereocenters. The molecule has 0 spiro atoms. The zero-order valence-electron chi connectivity index (χ0n) is 9.61. The third kappa shape index (κ3) is 3.16. The number of hydrogen-bond donors (Lipinski definition) is 1. The van der Waals surface area contributed by atoms with Gasteiger partial charge in [0.2, 0.25) is 5.82 Å². The van der Waals surface area contributed by atoms with E-state index in [2.05, 4.69) is 20.0 Å². The molecule has 1 aromatic heterocycles. The van der Waals surface area contributed by atoms with E-state index in [4.69, 9.17) is 4.74 Å². The second-order valence-corrected chi connectivity index (χ2v) is 3.02. The van der Waals surface area contributed by atoms with Crippen molar-refractivity contribution in [3.05, 3.63) is 17.6 Å². The molecule has 0 saturated carbocycles. The standard InChI is InChI=1S/C10H15N3O3/c1-4-11-8-5-7(6-15-2)12-9(13-8)10(14)16-3/h5H,4,6H2,1-3H3,(H,11,12,13). The number of ether oxygens (including phenoxy) is 2. The average Bonchev–Trinajstić information content (AvgIpc) is 2.28. The van der Waals surface area contributed by atoms with E-state index in [1.54, 1.807) is 13.2 Å². The van der Waals surface area contributed by atoms with Crippen LogP contribution in [-0.2, 0) is 16.1 Å². The Labute approximate surface area is 94.0 Å². The molecule has 0 fully saturated rings. The fourth-order valence-electron chi connectivity index (χ4n) is 1.17. The lowest BCUT2D eigenvalue weighted by atomic mass is 10.4. The number of hydrogen-bond acceptors (Lipinski definition) is 6. The molecule has 1 rings (SSSR count). The SMILES string of the molecule is CCNc1cc(COC)nc(C(=O)OC)n1. The molecule has 1 aromatic rings. The van der Waals surface area contributed by atoms with Crippen LogP contribution < -0.4 is 5.32 Å². The molecule has 1 heterocycles. The predicted octanol–water partition coefficient (Wildman–Crippen LogP) is 0.841. The van der Waals surface area contributed by atoms with Gasteiger partial charge in [-0.25, -0.2) is 14.8 Å². The molecule has 0 radical (unpaired) electrons. The van der Waals surface area contributed by atoms with Crippen molar-refractivity contribution >= 4 is 11.8 Å². The minimum absolute atomic E-state index is 0.0352. The Kier molecular flexibility index (Phi) is 4.65. The van der Waals surface area contributed by atoms with Gasteiger partial charge in [0.25, 0.3) is 0 Å². The molecule has 0 aliphatic rings. The largest absolute Gasteiger partial charge is 0.463 e. The number of nitrogens with zero attached hydrogens (tertiary/aromatic N) is 2. The third-order valence-electron chi connectivity index (χ3n) is 1.80. The number of rotatable bonds is 5. The molecular weight excluding hydrogens is 210 g/mol. The first-order valence-electron chi connectivity index (χ1n) is 4.90. The fourth-order valence-corrected chi connectivity index (χ4v) is 1.17. The number of carbonyl (C=O) groups excluding carboxylic acids is 1. The first-order valence-corrected chi connectivity index (χ1v) is 4.90. The maximum Gasteiger partial charge on any atom is 0.376 e. The Hall–Kier alpha value is -1.69. The van der Waals surface area contributed by atoms with Gasteiger partial charge in [-0.3, -0.25) is 0 Å². The van der Waals surface area contributed by atoms with Crippen LogP contribution in [0.4, 0.5) is 5.82 Å². The van der Waals surface area contributed by atoms with Gasteiger partial charge in [-0.15, -0.1) is 0 Å². The van der Waals surface area contributed by atoms with Crippen LogP contribution >= 0.6 is 0 Å². The van der Waals surface area contributed by atoms with E-state index in [9.17, 15) is 4.79 Å². The summed E-state index contributed by atoms with van der Waals surface area (Å²) in [6, 6.07) is 1.74. The lowest BCUT2D eigenvalue weighted by Gasteiger charge is -2.07. The molecule has 0 amide bonds. The van der Waals surface area contributed by atoms with E-state index >= 15 is 0 Å². The van der Waals surface area contributed by atoms with Crippen molar-refractivity contribution in [3.8, 4) is 0 Å². The number of esters is 1. The van der Waals surface area contributed by atoms with Crippen LogP contribution in [0, 0.1) is 0 Å². The lowest BCUT2D eigenvalue weighted by molar-refractivity contribution is 0.0585. The van der Waals surface area contributed by atoms with Gasteiger partial charge in [-0.2, -0.15) is 0 Å². The number of nitrogens with one attached hydrogen (secondary N) is 1. The molecule has 16 heavy (non-hydrogen) atoms. The van der Waals surface area contributed by atoms with Gasteiger partial charge in [0, 0.05) is 19.7 Å². The summed E-state index contributed by atoms with van der Waals surface area (Å²) >= 11 is 0. The summed E-state index contributed by atoms with van der Waals surface area (Å²) < 4.78 is 9.53. The highest BCUT2D eigenvalue weighted by atomic mass is 16.5. The Bertz CT molecular complexity index is 344. The van der Waals surface area contributed by atoms with Crippen LogP contribution in [0.3, 0.4) is 0 Å². The van der Waals surface area contributed by atoms with E-state index in [1.807, 2.05) is 6.92 Å². The van der Waals surface area contributed by atoms with E-state index in [1.165, 1.54) is 7.11 Å². The Morgan fingerprint density at radius 3 is 2.75 bits per heavy atom. The van der Waals surface area contributed by atoms with Gasteiger partial charge >= 0.3 is 5.97 Å². The summed E-state index contributed by atoms with van der Waals surface area (Å²) in [6.45, 7) is 2.98. The van der Waals surface area contributed by atoms with Gasteiger partial charge in [0.15, 0.2) is 0 Å². The van der Waals surface area contributed by atoms with Crippen LogP contribution in [0.25, 0.3) is 0 Å². The lowest BCUT2D eigenvalue weighted by Crippen LogP contribution is -2.12. The minimum atomic E-state index is -0.558. The van der Waals surface area contributed by atoms with Crippen molar-refractivity contribution in [2.45, 2.75) is 13.5 Å². The summed E-state index contributed by atoms with van der Waals surface area (Å²) in [6.07, 6.45) is 0. The Balaban J connectivity index is 3.02. The van der Waals surface area contributed by atoms with E-state index < -0.39 is 5.97 Å². The molecule has 6 nitrogen and oxygen atoms in total. The molecule has 6 heteroatoms. The molecule has 0 aliphatic heterocycles. The van der Waals surface area contributed by atoms with Crippen molar-refractivity contribution in [1.29, 1.82) is 0 Å². The second-order valence-electron chi connectivity index (χ2n) is 3.02. The smallest absolute Gasteiger partial charge is 0.376 e. The summed E-state index contributed by atoms with van der Waals surface area (Å²) in [4.78, 5) is 19.4. The Morgan fingerprint density at radius 1 is 1.44 bits per heavy atom. The molecule has 0 bridgehead atoms. The zero-order chi connectivity index (χ0) is 12.0. The van der Waals surface area contributed by atoms with Crippen molar-refractivity contribution in [1.82, 2.24) is 9.97 Å². The summed E-state index contributed by atoms with van der Waals surface area (Å²) in [5.41, 5.74) is 0.633. The van der Waals surface area contributed by atoms with Gasteiger partial charge < -0.3 is 14.8 Å². The predicted molar refractivity (Wildman–Crippen MR) is 58.2 cm³/mol. The van der Waals surface area contributed by atoms with Crippen LogP contribution in [0.2, 0.25) is 0 Å². The zero-order valence-corrected chi connectivity index (χ0v) is 9.61. The maximum atomic E-state index is 11.3. The summed E-state index contributed by atoms with van der Waals surface area (Å²) in [5.74, 6) is 0.0649. The highest BCUT2D eigenvalue weighted by Gasteiger charge is 2.12. The monoisotopic (exact) mass is 225 g/mol. The van der Waals surface area contributed by atoms with E-state index in [-0.39, 0.29) is 5.82 Å². The second kappa shape index (κ2) is 6.02. The van der Waals surface area contributed by atoms with Gasteiger partial charge in [0.05, 0.1) is 19.4 Å². The van der Waals surface area contributed by atoms with E-state index in [0.29, 0.717) is 24.7 Å². The van der Waals surface area contributed by atoms with Gasteiger partial charge in [-0.05, 0) is 6.92 Å². The minimum Gasteiger partial charge on any atom is -0.463 e. The first kappa shape index (κ1) is 12.4. The fraction of sp³-hybridized carbons (Fsp3) is 0.500. The topological polar surface area (TPSA) is 73.3 Å². The molecule has 0 aromatic carbocycles. The third-order valence-corrected chi connectivity index (χ3v) is 1.80. The summed E-state index contributed by atoms with van der Waals surface area (Å²) in [7, 11) is 2.86. The molecular formula is C10H15N3O3. The highest BCUT2D eigenvalue weighted by Crippen LogP contribution is 2.08. The molecule has 0 unspecified atom stereocenters. The normalized spacial score (nSPS) is 9.94. The molecule has 0 saturated heterocycles. The van der Waals surface area contributed by atoms with Crippen LogP contribution in [0.15, 0.2) is 6.07 Å². The number of anilines is 1. The summed E-state index contributed by atoms with van der Waals surface area (Å²) in [5, 5.41) is 3.01. The van der Waals surface area contributed by atoms with Crippen molar-refractivity contribution in [2.24, 2.45) is 0 Å². The van der Waals surface area contributed by atoms with Crippen molar-refractivity contribution < 1.29 is 14.3 Å². The number of carbonyl (C=O) groups is 1. The van der Waals surface area contributed by atoms with Crippen LogP contribution in [-0.4, -0.2) is 36.7 Å². The Morgan fingerprint density at radius 2 is 2.19 bits per heavy atom. The van der Waals surface area contributed by atoms with E-state index in [0.717, 1.165) is 0 Å². The first-order chi connectivity index (χ1) is 7.71. The van der Waals surface area contributed by atoms with Crippen LogP contribution in [0.5, 0.6) is 0 Å². The van der Waals surface area contributed by atoms with Crippen LogP contribution in [0.1, 0.15) is 23.2 Å². The average molecular weight is 225 g/mol. The van der Waals surface area contributed by atoms with Crippen molar-refractivity contribution in [2.75, 3.05) is 26.1 Å². The molecule has 0 aliphatic carbocycles. The number of aromatic nitrogens is 2. The van der Waals surface area contributed by atoms with Gasteiger partial charge in [0.1, 0.15) is 5.82 Å².